The minimum atomic E-state index is -0.386. The van der Waals surface area contributed by atoms with Gasteiger partial charge in [0.25, 0.3) is 0 Å². The number of nitrogens with one attached hydrogen (secondary N) is 1. The van der Waals surface area contributed by atoms with Crippen molar-refractivity contribution in [1.29, 1.82) is 0 Å². The zero-order chi connectivity index (χ0) is 15.6. The molecule has 0 aromatic heterocycles. The Kier molecular flexibility index (Phi) is 7.14. The van der Waals surface area contributed by atoms with Crippen LogP contribution >= 0.6 is 0 Å². The van der Waals surface area contributed by atoms with E-state index in [0.29, 0.717) is 0 Å². The average molecular weight is 297 g/mol. The van der Waals surface area contributed by atoms with E-state index in [1.165, 1.54) is 30.4 Å². The number of unbranched alkanes of at least 4 members (excludes halogenated alkanes) is 2. The standard InChI is InChI=1S/C20H27NO/c1-2-3-7-15-21-16-14-20(22)19-12-10-18(11-13-19)17-8-5-4-6-9-17/h4-6,8-13,20-22H,2-3,7,14-16H2,1H3. The summed E-state index contributed by atoms with van der Waals surface area (Å²) in [7, 11) is 0. The second kappa shape index (κ2) is 9.39. The summed E-state index contributed by atoms with van der Waals surface area (Å²) < 4.78 is 0. The average Bonchev–Trinajstić information content (AvgIpc) is 2.59. The van der Waals surface area contributed by atoms with Gasteiger partial charge in [-0.15, -0.1) is 0 Å². The molecule has 0 heterocycles. The largest absolute Gasteiger partial charge is 0.388 e. The third-order valence-electron chi connectivity index (χ3n) is 3.95. The van der Waals surface area contributed by atoms with Gasteiger partial charge in [0.15, 0.2) is 0 Å². The van der Waals surface area contributed by atoms with E-state index in [2.05, 4.69) is 36.5 Å². The molecule has 0 saturated heterocycles. The summed E-state index contributed by atoms with van der Waals surface area (Å²) >= 11 is 0. The molecule has 2 aromatic rings. The summed E-state index contributed by atoms with van der Waals surface area (Å²) in [5.41, 5.74) is 3.39. The van der Waals surface area contributed by atoms with Crippen LogP contribution in [0, 0.1) is 0 Å². The van der Waals surface area contributed by atoms with Crippen molar-refractivity contribution in [3.05, 3.63) is 60.2 Å². The van der Waals surface area contributed by atoms with E-state index in [9.17, 15) is 5.11 Å². The lowest BCUT2D eigenvalue weighted by Gasteiger charge is -2.12. The molecule has 2 aromatic carbocycles. The van der Waals surface area contributed by atoms with Crippen molar-refractivity contribution in [1.82, 2.24) is 5.32 Å². The van der Waals surface area contributed by atoms with Gasteiger partial charge in [-0.2, -0.15) is 0 Å². The Balaban J connectivity index is 1.80. The molecule has 22 heavy (non-hydrogen) atoms. The second-order valence-electron chi connectivity index (χ2n) is 5.75. The third kappa shape index (κ3) is 5.28. The van der Waals surface area contributed by atoms with Crippen LogP contribution in [0.4, 0.5) is 0 Å². The molecule has 0 saturated carbocycles. The fourth-order valence-electron chi connectivity index (χ4n) is 2.56. The fraction of sp³-hybridized carbons (Fsp3) is 0.400. The lowest BCUT2D eigenvalue weighted by molar-refractivity contribution is 0.167. The molecule has 0 fully saturated rings. The molecule has 0 aliphatic carbocycles. The summed E-state index contributed by atoms with van der Waals surface area (Å²) in [6.45, 7) is 4.13. The van der Waals surface area contributed by atoms with Crippen molar-refractivity contribution < 1.29 is 5.11 Å². The van der Waals surface area contributed by atoms with Gasteiger partial charge in [-0.1, -0.05) is 74.4 Å². The Labute approximate surface area is 134 Å². The van der Waals surface area contributed by atoms with Crippen LogP contribution in [0.25, 0.3) is 11.1 Å². The predicted octanol–water partition coefficient (Wildman–Crippen LogP) is 4.56. The van der Waals surface area contributed by atoms with E-state index >= 15 is 0 Å². The molecule has 1 atom stereocenters. The maximum atomic E-state index is 10.2. The molecule has 118 valence electrons. The number of hydrogen-bond acceptors (Lipinski definition) is 2. The summed E-state index contributed by atoms with van der Waals surface area (Å²) in [5.74, 6) is 0. The van der Waals surface area contributed by atoms with E-state index in [-0.39, 0.29) is 6.10 Å². The van der Waals surface area contributed by atoms with E-state index in [0.717, 1.165) is 25.1 Å². The van der Waals surface area contributed by atoms with Crippen molar-refractivity contribution in [3.8, 4) is 11.1 Å². The quantitative estimate of drug-likeness (QED) is 0.665. The molecular formula is C20H27NO. The molecule has 0 spiro atoms. The summed E-state index contributed by atoms with van der Waals surface area (Å²) in [6.07, 6.45) is 4.12. The number of aliphatic hydroxyl groups excluding tert-OH is 1. The highest BCUT2D eigenvalue weighted by Crippen LogP contribution is 2.22. The van der Waals surface area contributed by atoms with Gasteiger partial charge < -0.3 is 10.4 Å². The third-order valence-corrected chi connectivity index (χ3v) is 3.95. The van der Waals surface area contributed by atoms with Crippen LogP contribution in [-0.4, -0.2) is 18.2 Å². The van der Waals surface area contributed by atoms with Crippen LogP contribution in [0.1, 0.15) is 44.3 Å². The van der Waals surface area contributed by atoms with Crippen LogP contribution in [0.5, 0.6) is 0 Å². The molecule has 2 N–H and O–H groups in total. The lowest BCUT2D eigenvalue weighted by atomic mass is 10.0. The van der Waals surface area contributed by atoms with Gasteiger partial charge in [0.2, 0.25) is 0 Å². The van der Waals surface area contributed by atoms with E-state index < -0.39 is 0 Å². The van der Waals surface area contributed by atoms with Crippen LogP contribution in [-0.2, 0) is 0 Å². The SMILES string of the molecule is CCCCCNCCC(O)c1ccc(-c2ccccc2)cc1. The lowest BCUT2D eigenvalue weighted by Crippen LogP contribution is -2.18. The Hall–Kier alpha value is -1.64. The van der Waals surface area contributed by atoms with Crippen molar-refractivity contribution >= 4 is 0 Å². The number of rotatable bonds is 9. The van der Waals surface area contributed by atoms with Crippen molar-refractivity contribution in [2.75, 3.05) is 13.1 Å². The maximum Gasteiger partial charge on any atom is 0.0802 e. The Bertz CT molecular complexity index is 521. The van der Waals surface area contributed by atoms with Gasteiger partial charge in [0.1, 0.15) is 0 Å². The van der Waals surface area contributed by atoms with Gasteiger partial charge >= 0.3 is 0 Å². The van der Waals surface area contributed by atoms with Crippen molar-refractivity contribution in [2.24, 2.45) is 0 Å². The van der Waals surface area contributed by atoms with Gasteiger partial charge in [-0.25, -0.2) is 0 Å². The minimum Gasteiger partial charge on any atom is -0.388 e. The predicted molar refractivity (Wildman–Crippen MR) is 93.8 cm³/mol. The van der Waals surface area contributed by atoms with Gasteiger partial charge in [0.05, 0.1) is 6.10 Å². The highest BCUT2D eigenvalue weighted by Gasteiger charge is 2.07. The summed E-state index contributed by atoms with van der Waals surface area (Å²) in [4.78, 5) is 0. The van der Waals surface area contributed by atoms with Crippen LogP contribution in [0.15, 0.2) is 54.6 Å². The normalized spacial score (nSPS) is 12.3. The molecule has 0 amide bonds. The number of benzene rings is 2. The zero-order valence-corrected chi connectivity index (χ0v) is 13.5. The monoisotopic (exact) mass is 297 g/mol. The summed E-state index contributed by atoms with van der Waals surface area (Å²) in [5, 5.41) is 13.6. The van der Waals surface area contributed by atoms with E-state index in [4.69, 9.17) is 0 Å². The molecule has 2 heteroatoms. The molecule has 1 unspecified atom stereocenters. The highest BCUT2D eigenvalue weighted by atomic mass is 16.3. The Morgan fingerprint density at radius 2 is 1.55 bits per heavy atom. The van der Waals surface area contributed by atoms with E-state index in [1.54, 1.807) is 0 Å². The molecule has 0 aliphatic rings. The second-order valence-corrected chi connectivity index (χ2v) is 5.75. The van der Waals surface area contributed by atoms with E-state index in [1.807, 2.05) is 30.3 Å². The highest BCUT2D eigenvalue weighted by molar-refractivity contribution is 5.63. The van der Waals surface area contributed by atoms with Gasteiger partial charge in [0, 0.05) is 0 Å². The van der Waals surface area contributed by atoms with Crippen molar-refractivity contribution in [2.45, 2.75) is 38.7 Å². The first-order valence-electron chi connectivity index (χ1n) is 8.35. The zero-order valence-electron chi connectivity index (χ0n) is 13.5. The van der Waals surface area contributed by atoms with Crippen LogP contribution in [0.2, 0.25) is 0 Å². The first kappa shape index (κ1) is 16.7. The Morgan fingerprint density at radius 3 is 2.23 bits per heavy atom. The first-order chi connectivity index (χ1) is 10.8. The summed E-state index contributed by atoms with van der Waals surface area (Å²) in [6, 6.07) is 18.6. The smallest absolute Gasteiger partial charge is 0.0802 e. The molecule has 2 nitrogen and oxygen atoms in total. The number of hydrogen-bond donors (Lipinski definition) is 2. The van der Waals surface area contributed by atoms with Crippen molar-refractivity contribution in [3.63, 3.8) is 0 Å². The maximum absolute atomic E-state index is 10.2. The topological polar surface area (TPSA) is 32.3 Å². The van der Waals surface area contributed by atoms with Crippen LogP contribution in [0.3, 0.4) is 0 Å². The van der Waals surface area contributed by atoms with Crippen LogP contribution < -0.4 is 5.32 Å². The minimum absolute atomic E-state index is 0.386. The molecular weight excluding hydrogens is 270 g/mol. The molecule has 0 aliphatic heterocycles. The number of aliphatic hydroxyl groups is 1. The molecule has 0 bridgehead atoms. The van der Waals surface area contributed by atoms with Gasteiger partial charge in [-0.05, 0) is 42.6 Å². The van der Waals surface area contributed by atoms with Gasteiger partial charge in [-0.3, -0.25) is 0 Å². The first-order valence-corrected chi connectivity index (χ1v) is 8.35. The Morgan fingerprint density at radius 1 is 0.864 bits per heavy atom. The molecule has 0 radical (unpaired) electrons. The fourth-order valence-corrected chi connectivity index (χ4v) is 2.56. The molecule has 2 rings (SSSR count).